The zero-order valence-corrected chi connectivity index (χ0v) is 27.2. The van der Waals surface area contributed by atoms with Gasteiger partial charge in [-0.2, -0.15) is 5.26 Å². The van der Waals surface area contributed by atoms with Crippen molar-refractivity contribution in [1.29, 1.82) is 5.26 Å². The molecule has 0 saturated heterocycles. The maximum atomic E-state index is 13.9. The van der Waals surface area contributed by atoms with Gasteiger partial charge in [0.1, 0.15) is 5.82 Å². The summed E-state index contributed by atoms with van der Waals surface area (Å²) in [5.74, 6) is -1.56. The molecule has 0 unspecified atom stereocenters. The maximum absolute atomic E-state index is 13.9. The molecule has 0 bridgehead atoms. The highest BCUT2D eigenvalue weighted by Crippen LogP contribution is 2.17. The molecule has 0 saturated carbocycles. The number of amides is 1. The van der Waals surface area contributed by atoms with Crippen LogP contribution in [0.1, 0.15) is 53.0 Å². The Kier molecular flexibility index (Phi) is 13.2. The van der Waals surface area contributed by atoms with Crippen LogP contribution in [0, 0.1) is 23.1 Å². The standard InChI is InChI=1S/C34H35FN6O3S.ClH/c1-3-23(2)31(39-32(42)16-30-18-37-22-41(30)19-25-12-10-24(17-36)11-13-25)21-40(20-26-6-4-7-27(14-26)33(43)44)34(45)38-29-9-5-8-28(35)15-29;/h4-15,18,22-23,31H,3,16,19-21H2,1-2H3,(H,38,45)(H,39,42)(H,43,44);1H/t23-,31+;/m0./s1. The summed E-state index contributed by atoms with van der Waals surface area (Å²) in [5, 5.41) is 25.1. The third-order valence-corrected chi connectivity index (χ3v) is 7.94. The van der Waals surface area contributed by atoms with Crippen molar-refractivity contribution in [3.63, 3.8) is 0 Å². The number of halogens is 2. The van der Waals surface area contributed by atoms with Gasteiger partial charge in [0.05, 0.1) is 29.9 Å². The molecular weight excluding hydrogens is 627 g/mol. The van der Waals surface area contributed by atoms with Crippen LogP contribution < -0.4 is 10.6 Å². The van der Waals surface area contributed by atoms with Crippen LogP contribution in [0.2, 0.25) is 0 Å². The van der Waals surface area contributed by atoms with Gasteiger partial charge in [-0.05, 0) is 71.7 Å². The molecule has 0 radical (unpaired) electrons. The number of aromatic nitrogens is 2. The fourth-order valence-corrected chi connectivity index (χ4v) is 5.10. The number of aromatic carboxylic acids is 1. The second kappa shape index (κ2) is 17.1. The van der Waals surface area contributed by atoms with Gasteiger partial charge < -0.3 is 25.2 Å². The Labute approximate surface area is 279 Å². The van der Waals surface area contributed by atoms with E-state index in [2.05, 4.69) is 21.7 Å². The number of nitriles is 1. The van der Waals surface area contributed by atoms with Gasteiger partial charge in [0.25, 0.3) is 0 Å². The van der Waals surface area contributed by atoms with Crippen LogP contribution in [0.4, 0.5) is 10.1 Å². The summed E-state index contributed by atoms with van der Waals surface area (Å²) in [5.41, 5.74) is 3.65. The Hall–Kier alpha value is -4.79. The Morgan fingerprint density at radius 3 is 2.52 bits per heavy atom. The van der Waals surface area contributed by atoms with E-state index in [-0.39, 0.29) is 48.8 Å². The van der Waals surface area contributed by atoms with Crippen LogP contribution >= 0.6 is 24.6 Å². The molecule has 3 aromatic carbocycles. The Morgan fingerprint density at radius 1 is 1.11 bits per heavy atom. The highest BCUT2D eigenvalue weighted by atomic mass is 35.5. The number of carboxylic acid groups (broad SMARTS) is 1. The number of hydrogen-bond acceptors (Lipinski definition) is 5. The Bertz CT molecular complexity index is 1690. The number of carbonyl (C=O) groups is 2. The van der Waals surface area contributed by atoms with Crippen molar-refractivity contribution in [1.82, 2.24) is 19.8 Å². The van der Waals surface area contributed by atoms with Crippen molar-refractivity contribution in [2.75, 3.05) is 11.9 Å². The summed E-state index contributed by atoms with van der Waals surface area (Å²) in [4.78, 5) is 31.1. The maximum Gasteiger partial charge on any atom is 0.335 e. The van der Waals surface area contributed by atoms with Gasteiger partial charge in [-0.1, -0.05) is 50.6 Å². The van der Waals surface area contributed by atoms with E-state index in [0.717, 1.165) is 23.2 Å². The van der Waals surface area contributed by atoms with E-state index in [0.29, 0.717) is 29.5 Å². The van der Waals surface area contributed by atoms with Crippen LogP contribution in [0.3, 0.4) is 0 Å². The number of anilines is 1. The smallest absolute Gasteiger partial charge is 0.335 e. The average molecular weight is 663 g/mol. The van der Waals surface area contributed by atoms with Gasteiger partial charge in [-0.15, -0.1) is 12.4 Å². The lowest BCUT2D eigenvalue weighted by atomic mass is 9.98. The van der Waals surface area contributed by atoms with Crippen LogP contribution in [-0.2, 0) is 24.3 Å². The van der Waals surface area contributed by atoms with Crippen molar-refractivity contribution in [3.8, 4) is 6.07 Å². The van der Waals surface area contributed by atoms with Crippen LogP contribution in [0.25, 0.3) is 0 Å². The predicted molar refractivity (Wildman–Crippen MR) is 181 cm³/mol. The van der Waals surface area contributed by atoms with E-state index < -0.39 is 11.8 Å². The topological polar surface area (TPSA) is 123 Å². The van der Waals surface area contributed by atoms with Gasteiger partial charge >= 0.3 is 5.97 Å². The molecule has 3 N–H and O–H groups in total. The number of rotatable bonds is 13. The Balaban J connectivity index is 0.00000576. The number of carboxylic acids is 1. The molecule has 1 heterocycles. The molecule has 46 heavy (non-hydrogen) atoms. The van der Waals surface area contributed by atoms with E-state index >= 15 is 0 Å². The van der Waals surface area contributed by atoms with Crippen LogP contribution in [-0.4, -0.2) is 49.1 Å². The fraction of sp³-hybridized carbons (Fsp3) is 0.265. The molecule has 12 heteroatoms. The second-order valence-corrected chi connectivity index (χ2v) is 11.3. The molecule has 240 valence electrons. The van der Waals surface area contributed by atoms with Crippen molar-refractivity contribution in [3.05, 3.63) is 119 Å². The highest BCUT2D eigenvalue weighted by Gasteiger charge is 2.24. The molecule has 2 atom stereocenters. The SMILES string of the molecule is CC[C@H](C)[C@@H](CN(Cc1cccc(C(=O)O)c1)C(=S)Nc1cccc(F)c1)NC(=O)Cc1cncn1Cc1ccc(C#N)cc1.Cl. The normalized spacial score (nSPS) is 11.8. The van der Waals surface area contributed by atoms with Crippen molar-refractivity contribution >= 4 is 47.3 Å². The molecule has 9 nitrogen and oxygen atoms in total. The predicted octanol–water partition coefficient (Wildman–Crippen LogP) is 6.03. The first-order chi connectivity index (χ1) is 21.6. The van der Waals surface area contributed by atoms with Gasteiger partial charge in [-0.25, -0.2) is 14.2 Å². The molecular formula is C34H36ClFN6O3S. The van der Waals surface area contributed by atoms with E-state index in [1.165, 1.54) is 18.2 Å². The van der Waals surface area contributed by atoms with Crippen LogP contribution in [0.15, 0.2) is 85.3 Å². The second-order valence-electron chi connectivity index (χ2n) is 10.9. The lowest BCUT2D eigenvalue weighted by Gasteiger charge is -2.33. The summed E-state index contributed by atoms with van der Waals surface area (Å²) in [6.45, 7) is 5.19. The average Bonchev–Trinajstić information content (AvgIpc) is 3.46. The summed E-state index contributed by atoms with van der Waals surface area (Å²) in [6, 6.07) is 21.6. The molecule has 0 spiro atoms. The monoisotopic (exact) mass is 662 g/mol. The molecule has 4 aromatic rings. The first-order valence-electron chi connectivity index (χ1n) is 14.6. The lowest BCUT2D eigenvalue weighted by molar-refractivity contribution is -0.121. The number of carbonyl (C=O) groups excluding carboxylic acids is 1. The summed E-state index contributed by atoms with van der Waals surface area (Å²) in [6.07, 6.45) is 4.24. The van der Waals surface area contributed by atoms with Crippen molar-refractivity contribution < 1.29 is 19.1 Å². The number of imidazole rings is 1. The number of hydrogen-bond donors (Lipinski definition) is 3. The molecule has 1 aromatic heterocycles. The summed E-state index contributed by atoms with van der Waals surface area (Å²) < 4.78 is 15.8. The molecule has 1 amide bonds. The first-order valence-corrected chi connectivity index (χ1v) is 15.0. The lowest BCUT2D eigenvalue weighted by Crippen LogP contribution is -2.50. The van der Waals surface area contributed by atoms with E-state index in [1.807, 2.05) is 41.5 Å². The quantitative estimate of drug-likeness (QED) is 0.148. The van der Waals surface area contributed by atoms with Gasteiger partial charge in [0.2, 0.25) is 5.91 Å². The largest absolute Gasteiger partial charge is 0.478 e. The van der Waals surface area contributed by atoms with Crippen LogP contribution in [0.5, 0.6) is 0 Å². The minimum Gasteiger partial charge on any atom is -0.478 e. The fourth-order valence-electron chi connectivity index (χ4n) is 4.84. The molecule has 4 rings (SSSR count). The zero-order valence-electron chi connectivity index (χ0n) is 25.5. The molecule has 0 aliphatic heterocycles. The van der Waals surface area contributed by atoms with Gasteiger partial charge in [-0.3, -0.25) is 4.79 Å². The molecule has 0 fully saturated rings. The molecule has 0 aliphatic rings. The number of thiocarbonyl (C=S) groups is 1. The van der Waals surface area contributed by atoms with Crippen molar-refractivity contribution in [2.45, 2.75) is 45.8 Å². The van der Waals surface area contributed by atoms with E-state index in [9.17, 15) is 19.1 Å². The highest BCUT2D eigenvalue weighted by molar-refractivity contribution is 7.80. The zero-order chi connectivity index (χ0) is 32.3. The third-order valence-electron chi connectivity index (χ3n) is 7.58. The summed E-state index contributed by atoms with van der Waals surface area (Å²) in [7, 11) is 0. The minimum absolute atomic E-state index is 0. The third kappa shape index (κ3) is 10.1. The number of nitrogens with zero attached hydrogens (tertiary/aromatic N) is 4. The number of benzene rings is 3. The number of nitrogens with one attached hydrogen (secondary N) is 2. The first kappa shape index (κ1) is 35.7. The van der Waals surface area contributed by atoms with Crippen molar-refractivity contribution in [2.24, 2.45) is 5.92 Å². The Morgan fingerprint density at radius 2 is 1.85 bits per heavy atom. The molecule has 0 aliphatic carbocycles. The van der Waals surface area contributed by atoms with Gasteiger partial charge in [0, 0.05) is 43.3 Å². The summed E-state index contributed by atoms with van der Waals surface area (Å²) >= 11 is 5.76. The van der Waals surface area contributed by atoms with E-state index in [1.54, 1.807) is 48.9 Å². The van der Waals surface area contributed by atoms with E-state index in [4.69, 9.17) is 17.5 Å². The van der Waals surface area contributed by atoms with Gasteiger partial charge in [0.15, 0.2) is 5.11 Å². The minimum atomic E-state index is -1.04.